The molecule has 15 nitrogen and oxygen atoms in total. The molecule has 3 aliphatic rings. The van der Waals surface area contributed by atoms with Gasteiger partial charge in [0, 0.05) is 37.0 Å². The fraction of sp³-hybridized carbons (Fsp3) is 0.283. The first kappa shape index (κ1) is 43.9. The molecule has 2 bridgehead atoms. The Kier molecular flexibility index (Phi) is 12.8. The highest BCUT2D eigenvalue weighted by molar-refractivity contribution is 7.48. The number of amides is 2. The predicted octanol–water partition coefficient (Wildman–Crippen LogP) is 7.42. The number of benzene rings is 4. The Labute approximate surface area is 366 Å². The van der Waals surface area contributed by atoms with Crippen LogP contribution < -0.4 is 20.0 Å². The molecule has 1 saturated heterocycles. The molecule has 3 atom stereocenters. The average Bonchev–Trinajstić information content (AvgIpc) is 3.68. The quantitative estimate of drug-likeness (QED) is 0.0868. The van der Waals surface area contributed by atoms with Crippen LogP contribution in [0.25, 0.3) is 0 Å². The number of aromatic nitrogens is 1. The van der Waals surface area contributed by atoms with Crippen molar-refractivity contribution < 1.29 is 55.6 Å². The molecule has 8 rings (SSSR count). The molecule has 1 N–H and O–H groups in total. The number of nitrogens with zero attached hydrogens (tertiary/aromatic N) is 3. The number of nitrogens with one attached hydrogen (secondary N) is 1. The van der Waals surface area contributed by atoms with Crippen LogP contribution in [-0.4, -0.2) is 58.4 Å². The van der Waals surface area contributed by atoms with Crippen LogP contribution in [0.5, 0.6) is 11.5 Å². The van der Waals surface area contributed by atoms with Crippen molar-refractivity contribution in [1.82, 2.24) is 14.8 Å². The number of hydrogen-bond acceptors (Lipinski definition) is 12. The van der Waals surface area contributed by atoms with Crippen LogP contribution in [0.4, 0.5) is 8.78 Å². The summed E-state index contributed by atoms with van der Waals surface area (Å²) in [5, 5.41) is 6.61. The van der Waals surface area contributed by atoms with Crippen LogP contribution in [0.3, 0.4) is 0 Å². The van der Waals surface area contributed by atoms with Crippen molar-refractivity contribution in [1.29, 1.82) is 0 Å². The lowest BCUT2D eigenvalue weighted by molar-refractivity contribution is -0.133. The van der Waals surface area contributed by atoms with Gasteiger partial charge in [0.05, 0.1) is 39.2 Å². The molecule has 1 aromatic heterocycles. The van der Waals surface area contributed by atoms with Gasteiger partial charge in [-0.05, 0) is 54.7 Å². The Hall–Kier alpha value is -6.68. The molecule has 2 amide bonds. The van der Waals surface area contributed by atoms with Gasteiger partial charge in [0.25, 0.3) is 11.8 Å². The normalized spacial score (nSPS) is 19.0. The molecule has 0 radical (unpaired) electrons. The summed E-state index contributed by atoms with van der Waals surface area (Å²) >= 11 is 0. The first-order valence-corrected chi connectivity index (χ1v) is 21.9. The van der Waals surface area contributed by atoms with E-state index in [0.717, 1.165) is 23.3 Å². The minimum atomic E-state index is -4.21. The van der Waals surface area contributed by atoms with E-state index in [2.05, 4.69) is 10.5 Å². The van der Waals surface area contributed by atoms with E-state index >= 15 is 0 Å². The molecule has 3 aliphatic heterocycles. The minimum Gasteiger partial charge on any atom is -0.482 e. The Balaban J connectivity index is 1.06. The largest absolute Gasteiger partial charge is 0.530 e. The van der Waals surface area contributed by atoms with Crippen LogP contribution in [0, 0.1) is 11.6 Å². The number of methoxy groups -OCH3 is 1. The van der Waals surface area contributed by atoms with E-state index in [1.165, 1.54) is 42.1 Å². The molecule has 18 heteroatoms. The zero-order valence-corrected chi connectivity index (χ0v) is 35.6. The van der Waals surface area contributed by atoms with E-state index in [0.29, 0.717) is 30.4 Å². The molecule has 0 unspecified atom stereocenters. The van der Waals surface area contributed by atoms with Gasteiger partial charge in [-0.3, -0.25) is 28.2 Å². The minimum absolute atomic E-state index is 0.0516. The number of fused-ring (bicyclic) bond motifs is 5. The van der Waals surface area contributed by atoms with E-state index in [4.69, 9.17) is 27.9 Å². The number of pyridine rings is 1. The molecule has 4 aromatic carbocycles. The third kappa shape index (κ3) is 9.47. The second-order valence-corrected chi connectivity index (χ2v) is 17.2. The van der Waals surface area contributed by atoms with Gasteiger partial charge in [-0.1, -0.05) is 84.0 Å². The number of phosphoric acid groups is 1. The summed E-state index contributed by atoms with van der Waals surface area (Å²) in [6.07, 6.45) is 1.91. The van der Waals surface area contributed by atoms with Crippen LogP contribution in [0.15, 0.2) is 119 Å². The molecular weight excluding hydrogens is 853 g/mol. The van der Waals surface area contributed by atoms with Gasteiger partial charge in [0.2, 0.25) is 17.1 Å². The van der Waals surface area contributed by atoms with Gasteiger partial charge < -0.3 is 33.6 Å². The average molecular weight is 897 g/mol. The standard InChI is InChI=1S/C46H43F2N4O11P/c1-29-19-20-46(23-39(58-2)50-63-46)38-26-51(29)45(56)41-43(42(54)36(25-52(38)41)44(55)49-24-33-15-16-34(47)22-37(33)48)61-40(53)21-30-13-17-35(18-14-30)62-64(57,59-27-31-9-5-3-6-10-31)60-28-32-11-7-4-8-12-32/h3-18,22,25,29,38H,19-21,23-24,26-28H2,1-2H3,(H,49,55)/t29-,38+,46-/m0/s1. The van der Waals surface area contributed by atoms with E-state index in [9.17, 15) is 32.5 Å². The first-order chi connectivity index (χ1) is 30.8. The molecule has 0 saturated carbocycles. The lowest BCUT2D eigenvalue weighted by Crippen LogP contribution is -2.52. The fourth-order valence-corrected chi connectivity index (χ4v) is 9.04. The number of hydrogen-bond donors (Lipinski definition) is 1. The van der Waals surface area contributed by atoms with Gasteiger partial charge >= 0.3 is 13.8 Å². The maximum atomic E-state index is 14.5. The van der Waals surface area contributed by atoms with Crippen molar-refractivity contribution in [2.45, 2.75) is 70.1 Å². The third-order valence-electron chi connectivity index (χ3n) is 11.4. The summed E-state index contributed by atoms with van der Waals surface area (Å²) in [4.78, 5) is 63.9. The smallest absolute Gasteiger partial charge is 0.482 e. The number of phosphoric ester groups is 1. The molecule has 64 heavy (non-hydrogen) atoms. The monoisotopic (exact) mass is 896 g/mol. The van der Waals surface area contributed by atoms with Crippen molar-refractivity contribution >= 4 is 31.5 Å². The summed E-state index contributed by atoms with van der Waals surface area (Å²) < 4.78 is 71.9. The number of ether oxygens (including phenoxy) is 2. The van der Waals surface area contributed by atoms with Crippen molar-refractivity contribution in [3.05, 3.63) is 165 Å². The maximum Gasteiger partial charge on any atom is 0.530 e. The van der Waals surface area contributed by atoms with Crippen LogP contribution in [0.2, 0.25) is 0 Å². The number of carbonyl (C=O) groups is 3. The summed E-state index contributed by atoms with van der Waals surface area (Å²) in [7, 11) is -2.76. The summed E-state index contributed by atoms with van der Waals surface area (Å²) in [6, 6.07) is 25.9. The lowest BCUT2D eigenvalue weighted by atomic mass is 9.85. The van der Waals surface area contributed by atoms with Gasteiger partial charge in [-0.2, -0.15) is 0 Å². The van der Waals surface area contributed by atoms with E-state index < -0.39 is 78.6 Å². The van der Waals surface area contributed by atoms with Crippen LogP contribution >= 0.6 is 7.82 Å². The summed E-state index contributed by atoms with van der Waals surface area (Å²) in [5.74, 6) is -4.53. The number of rotatable bonds is 14. The highest BCUT2D eigenvalue weighted by Gasteiger charge is 2.55. The molecule has 4 heterocycles. The van der Waals surface area contributed by atoms with E-state index in [-0.39, 0.29) is 49.2 Å². The molecule has 332 valence electrons. The van der Waals surface area contributed by atoms with Crippen LogP contribution in [0.1, 0.15) is 75.3 Å². The zero-order valence-electron chi connectivity index (χ0n) is 34.7. The van der Waals surface area contributed by atoms with Gasteiger partial charge in [0.15, 0.2) is 11.3 Å². The van der Waals surface area contributed by atoms with Crippen molar-refractivity contribution in [2.75, 3.05) is 13.7 Å². The first-order valence-electron chi connectivity index (χ1n) is 20.4. The number of oxime groups is 1. The van der Waals surface area contributed by atoms with Crippen molar-refractivity contribution in [2.24, 2.45) is 5.16 Å². The fourth-order valence-electron chi connectivity index (χ4n) is 7.87. The molecule has 5 aromatic rings. The predicted molar refractivity (Wildman–Crippen MR) is 226 cm³/mol. The Morgan fingerprint density at radius 2 is 1.59 bits per heavy atom. The van der Waals surface area contributed by atoms with Crippen molar-refractivity contribution in [3.8, 4) is 11.5 Å². The highest BCUT2D eigenvalue weighted by atomic mass is 31.2. The van der Waals surface area contributed by atoms with Gasteiger partial charge in [0.1, 0.15) is 22.9 Å². The second kappa shape index (κ2) is 18.6. The Morgan fingerprint density at radius 1 is 0.922 bits per heavy atom. The lowest BCUT2D eigenvalue weighted by Gasteiger charge is -2.41. The third-order valence-corrected chi connectivity index (χ3v) is 12.7. The zero-order chi connectivity index (χ0) is 45.0. The maximum absolute atomic E-state index is 14.5. The Bertz CT molecular complexity index is 2650. The summed E-state index contributed by atoms with van der Waals surface area (Å²) in [5.41, 5.74) is -1.12. The Morgan fingerprint density at radius 3 is 2.22 bits per heavy atom. The topological polar surface area (TPSA) is 173 Å². The van der Waals surface area contributed by atoms with E-state index in [1.807, 2.05) is 43.3 Å². The molecule has 1 spiro atoms. The van der Waals surface area contributed by atoms with Crippen LogP contribution in [-0.2, 0) is 54.2 Å². The van der Waals surface area contributed by atoms with Crippen molar-refractivity contribution in [3.63, 3.8) is 0 Å². The number of esters is 1. The second-order valence-electron chi connectivity index (χ2n) is 15.6. The number of carbonyl (C=O) groups excluding carboxylic acids is 3. The molecule has 0 aliphatic carbocycles. The summed E-state index contributed by atoms with van der Waals surface area (Å²) in [6.45, 7) is 1.42. The number of halogens is 2. The molecule has 1 fully saturated rings. The van der Waals surface area contributed by atoms with Gasteiger partial charge in [-0.15, -0.1) is 0 Å². The van der Waals surface area contributed by atoms with E-state index in [1.54, 1.807) is 29.2 Å². The SMILES string of the molecule is COC1=NO[C@@]2(CC[C@H](C)N3C[C@H]2n2cc(C(=O)NCc4ccc(F)cc4F)c(=O)c(OC(=O)Cc4ccc(OP(=O)(OCc5ccccc5)OCc5ccccc5)cc4)c2C3=O)C1. The van der Waals surface area contributed by atoms with Gasteiger partial charge in [-0.25, -0.2) is 13.3 Å². The molecular formula is C46H43F2N4O11P. The highest BCUT2D eigenvalue weighted by Crippen LogP contribution is 2.51.